The van der Waals surface area contributed by atoms with Crippen LogP contribution in [0.4, 0.5) is 0 Å². The smallest absolute Gasteiger partial charge is 0.338 e. The summed E-state index contributed by atoms with van der Waals surface area (Å²) < 4.78 is 12.2. The minimum atomic E-state index is -2.32. The first-order valence-electron chi connectivity index (χ1n) is 11.7. The summed E-state index contributed by atoms with van der Waals surface area (Å²) in [6.07, 6.45) is -0.919. The van der Waals surface area contributed by atoms with Gasteiger partial charge >= 0.3 is 5.97 Å². The second-order valence-corrected chi connectivity index (χ2v) is 11.3. The molecule has 1 aromatic carbocycles. The van der Waals surface area contributed by atoms with E-state index in [0.29, 0.717) is 12.0 Å². The molecule has 0 aromatic heterocycles. The fourth-order valence-corrected chi connectivity index (χ4v) is 6.91. The Bertz CT molecular complexity index is 1050. The molecule has 1 aliphatic heterocycles. The molecule has 3 fully saturated rings. The van der Waals surface area contributed by atoms with E-state index in [-0.39, 0.29) is 18.6 Å². The van der Waals surface area contributed by atoms with Crippen molar-refractivity contribution in [3.63, 3.8) is 0 Å². The van der Waals surface area contributed by atoms with Gasteiger partial charge < -0.3 is 19.7 Å². The fourth-order valence-electron chi connectivity index (χ4n) is 6.91. The Morgan fingerprint density at radius 3 is 2.32 bits per heavy atom. The van der Waals surface area contributed by atoms with Gasteiger partial charge in [0.1, 0.15) is 23.6 Å². The van der Waals surface area contributed by atoms with E-state index in [1.165, 1.54) is 13.0 Å². The van der Waals surface area contributed by atoms with Gasteiger partial charge in [0.05, 0.1) is 16.6 Å². The highest BCUT2D eigenvalue weighted by atomic mass is 16.6. The Morgan fingerprint density at radius 1 is 1.12 bits per heavy atom. The zero-order valence-electron chi connectivity index (χ0n) is 20.5. The number of aliphatic hydroxyl groups is 2. The molecule has 4 rings (SSSR count). The predicted octanol–water partition coefficient (Wildman–Crippen LogP) is 3.02. The van der Waals surface area contributed by atoms with Crippen LogP contribution in [0.2, 0.25) is 0 Å². The fraction of sp³-hybridized carbons (Fsp3) is 0.593. The van der Waals surface area contributed by atoms with Gasteiger partial charge in [-0.3, -0.25) is 9.59 Å². The normalized spacial score (nSPS) is 43.4. The third-order valence-electron chi connectivity index (χ3n) is 8.76. The minimum absolute atomic E-state index is 0.153. The van der Waals surface area contributed by atoms with E-state index in [1.54, 1.807) is 44.2 Å². The third-order valence-corrected chi connectivity index (χ3v) is 8.76. The third kappa shape index (κ3) is 3.03. The average Bonchev–Trinajstić information content (AvgIpc) is 2.78. The minimum Gasteiger partial charge on any atom is -0.456 e. The molecule has 2 aliphatic carbocycles. The van der Waals surface area contributed by atoms with Crippen molar-refractivity contribution in [3.8, 4) is 0 Å². The molecule has 2 N–H and O–H groups in total. The van der Waals surface area contributed by atoms with Gasteiger partial charge in [-0.25, -0.2) is 4.79 Å². The SMILES string of the molecule is C=C[C@@]1(C)CC(=O)[C@]2(O)[C@@]3(C)C(=O)CCC(C)(C)[C@@H]3[C@H](OC(=O)c3ccccc3)[C@H](O)[C@@]2(C)O1. The summed E-state index contributed by atoms with van der Waals surface area (Å²) in [4.78, 5) is 40.4. The molecule has 0 spiro atoms. The maximum atomic E-state index is 13.7. The van der Waals surface area contributed by atoms with Gasteiger partial charge in [0.15, 0.2) is 11.4 Å². The summed E-state index contributed by atoms with van der Waals surface area (Å²) in [5.41, 5.74) is -7.42. The zero-order chi connectivity index (χ0) is 25.3. The largest absolute Gasteiger partial charge is 0.456 e. The number of fused-ring (bicyclic) bond motifs is 3. The van der Waals surface area contributed by atoms with Crippen LogP contribution in [0.3, 0.4) is 0 Å². The van der Waals surface area contributed by atoms with E-state index in [0.717, 1.165) is 0 Å². The highest BCUT2D eigenvalue weighted by Crippen LogP contribution is 2.66. The number of esters is 1. The van der Waals surface area contributed by atoms with E-state index in [9.17, 15) is 24.6 Å². The van der Waals surface area contributed by atoms with E-state index >= 15 is 0 Å². The van der Waals surface area contributed by atoms with Crippen molar-refractivity contribution in [1.29, 1.82) is 0 Å². The lowest BCUT2D eigenvalue weighted by Gasteiger charge is -2.69. The van der Waals surface area contributed by atoms with Gasteiger partial charge in [-0.1, -0.05) is 38.1 Å². The Morgan fingerprint density at radius 2 is 1.74 bits per heavy atom. The molecule has 1 saturated heterocycles. The highest BCUT2D eigenvalue weighted by Gasteiger charge is 2.81. The molecule has 3 aliphatic rings. The van der Waals surface area contributed by atoms with Crippen molar-refractivity contribution in [1.82, 2.24) is 0 Å². The van der Waals surface area contributed by atoms with Gasteiger partial charge in [-0.2, -0.15) is 0 Å². The van der Waals surface area contributed by atoms with Crippen molar-refractivity contribution in [2.24, 2.45) is 16.7 Å². The summed E-state index contributed by atoms with van der Waals surface area (Å²) in [5.74, 6) is -2.39. The molecule has 7 atom stereocenters. The topological polar surface area (TPSA) is 110 Å². The molecule has 2 saturated carbocycles. The van der Waals surface area contributed by atoms with Crippen LogP contribution in [0.15, 0.2) is 43.0 Å². The Kier molecular flexibility index (Phi) is 5.52. The molecule has 34 heavy (non-hydrogen) atoms. The second-order valence-electron chi connectivity index (χ2n) is 11.3. The van der Waals surface area contributed by atoms with Crippen LogP contribution < -0.4 is 0 Å². The van der Waals surface area contributed by atoms with Crippen LogP contribution in [0.25, 0.3) is 0 Å². The number of aliphatic hydroxyl groups excluding tert-OH is 1. The number of Topliss-reactive ketones (excluding diaryl/α,β-unsaturated/α-hetero) is 2. The van der Waals surface area contributed by atoms with E-state index < -0.39 is 57.5 Å². The van der Waals surface area contributed by atoms with Crippen molar-refractivity contribution in [3.05, 3.63) is 48.6 Å². The Hall–Kier alpha value is -2.35. The zero-order valence-corrected chi connectivity index (χ0v) is 20.5. The van der Waals surface area contributed by atoms with Crippen LogP contribution in [0.1, 0.15) is 64.2 Å². The number of ketones is 2. The molecule has 7 heteroatoms. The van der Waals surface area contributed by atoms with Crippen LogP contribution in [-0.2, 0) is 19.1 Å². The molecule has 0 bridgehead atoms. The first-order valence-corrected chi connectivity index (χ1v) is 11.7. The first kappa shape index (κ1) is 24.8. The number of rotatable bonds is 3. The van der Waals surface area contributed by atoms with Crippen molar-refractivity contribution < 1.29 is 34.1 Å². The first-order chi connectivity index (χ1) is 15.7. The number of hydrogen-bond donors (Lipinski definition) is 2. The molecule has 1 heterocycles. The molecule has 184 valence electrons. The van der Waals surface area contributed by atoms with Crippen LogP contribution in [0, 0.1) is 16.7 Å². The van der Waals surface area contributed by atoms with E-state index in [4.69, 9.17) is 9.47 Å². The summed E-state index contributed by atoms with van der Waals surface area (Å²) in [6, 6.07) is 8.36. The predicted molar refractivity (Wildman–Crippen MR) is 124 cm³/mol. The van der Waals surface area contributed by atoms with Crippen LogP contribution in [-0.4, -0.2) is 56.8 Å². The monoisotopic (exact) mass is 470 g/mol. The van der Waals surface area contributed by atoms with Gasteiger partial charge in [0, 0.05) is 18.8 Å². The maximum absolute atomic E-state index is 13.7. The van der Waals surface area contributed by atoms with Crippen LogP contribution >= 0.6 is 0 Å². The van der Waals surface area contributed by atoms with Gasteiger partial charge in [-0.15, -0.1) is 6.58 Å². The highest BCUT2D eigenvalue weighted by molar-refractivity contribution is 6.01. The maximum Gasteiger partial charge on any atom is 0.338 e. The Labute approximate surface area is 200 Å². The lowest BCUT2D eigenvalue weighted by molar-refractivity contribution is -0.345. The van der Waals surface area contributed by atoms with Crippen molar-refractivity contribution in [2.75, 3.05) is 0 Å². The van der Waals surface area contributed by atoms with E-state index in [1.807, 2.05) is 13.8 Å². The van der Waals surface area contributed by atoms with Gasteiger partial charge in [0.2, 0.25) is 0 Å². The summed E-state index contributed by atoms with van der Waals surface area (Å²) in [7, 11) is 0. The number of carbonyl (C=O) groups is 3. The summed E-state index contributed by atoms with van der Waals surface area (Å²) in [5, 5.41) is 24.0. The number of carbonyl (C=O) groups excluding carboxylic acids is 3. The number of ether oxygens (including phenoxy) is 2. The number of benzene rings is 1. The molecular weight excluding hydrogens is 436 g/mol. The standard InChI is InChI=1S/C27H34O7/c1-7-24(4)15-18(29)27(32)25(5)17(28)13-14-23(2,3)20(25)19(21(30)26(27,6)34-24)33-22(31)16-11-9-8-10-12-16/h7-12,19-21,30,32H,1,13-15H2,2-6H3/t19-,20-,21-,24-,25-,26+,27-/m0/s1. The lowest BCUT2D eigenvalue weighted by Crippen LogP contribution is -2.86. The molecule has 1 aromatic rings. The van der Waals surface area contributed by atoms with Crippen molar-refractivity contribution in [2.45, 2.75) is 82.9 Å². The van der Waals surface area contributed by atoms with Gasteiger partial charge in [0.25, 0.3) is 0 Å². The summed E-state index contributed by atoms with van der Waals surface area (Å²) >= 11 is 0. The second kappa shape index (κ2) is 7.57. The average molecular weight is 471 g/mol. The molecular formula is C27H34O7. The van der Waals surface area contributed by atoms with Gasteiger partial charge in [-0.05, 0) is 44.7 Å². The lowest BCUT2D eigenvalue weighted by atomic mass is 9.40. The summed E-state index contributed by atoms with van der Waals surface area (Å²) in [6.45, 7) is 12.2. The van der Waals surface area contributed by atoms with E-state index in [2.05, 4.69) is 6.58 Å². The molecule has 0 unspecified atom stereocenters. The number of hydrogen-bond acceptors (Lipinski definition) is 7. The molecule has 0 amide bonds. The molecule has 0 radical (unpaired) electrons. The van der Waals surface area contributed by atoms with Crippen LogP contribution in [0.5, 0.6) is 0 Å². The quantitative estimate of drug-likeness (QED) is 0.516. The Balaban J connectivity index is 1.93. The van der Waals surface area contributed by atoms with Crippen molar-refractivity contribution >= 4 is 17.5 Å². The molecule has 7 nitrogen and oxygen atoms in total.